The Kier molecular flexibility index (Phi) is 6.53. The second-order valence-corrected chi connectivity index (χ2v) is 8.60. The molecule has 0 aliphatic carbocycles. The molecule has 1 saturated heterocycles. The molecule has 1 N–H and O–H groups in total. The summed E-state index contributed by atoms with van der Waals surface area (Å²) in [6.07, 6.45) is 1.75. The van der Waals surface area contributed by atoms with E-state index in [1.54, 1.807) is 30.3 Å². The number of aliphatic hydroxyl groups excluding tert-OH is 1. The van der Waals surface area contributed by atoms with Crippen LogP contribution in [0.2, 0.25) is 5.02 Å². The molecular weight excluding hydrogens is 428 g/mol. The molecule has 32 heavy (non-hydrogen) atoms. The van der Waals surface area contributed by atoms with Crippen molar-refractivity contribution in [1.82, 2.24) is 4.90 Å². The number of aryl methyl sites for hydroxylation is 1. The highest BCUT2D eigenvalue weighted by Gasteiger charge is 2.43. The number of carbonyl (C=O) groups is 2. The molecule has 168 valence electrons. The van der Waals surface area contributed by atoms with Crippen LogP contribution in [-0.2, 0) is 9.59 Å². The second-order valence-electron chi connectivity index (χ2n) is 8.20. The van der Waals surface area contributed by atoms with Gasteiger partial charge in [0.2, 0.25) is 0 Å². The number of rotatable bonds is 6. The molecule has 2 heterocycles. The number of carbonyl (C=O) groups excluding carboxylic acids is 2. The predicted molar refractivity (Wildman–Crippen MR) is 125 cm³/mol. The number of aliphatic hydroxyl groups is 1. The molecule has 1 fully saturated rings. The summed E-state index contributed by atoms with van der Waals surface area (Å²) in [5.74, 6) is 0.0388. The maximum Gasteiger partial charge on any atom is 0.282 e. The van der Waals surface area contributed by atoms with E-state index in [0.717, 1.165) is 18.4 Å². The highest BCUT2D eigenvalue weighted by atomic mass is 35.5. The average molecular weight is 455 g/mol. The molecule has 2 amide bonds. The summed E-state index contributed by atoms with van der Waals surface area (Å²) in [5, 5.41) is 10.2. The summed E-state index contributed by atoms with van der Waals surface area (Å²) < 4.78 is 5.53. The van der Waals surface area contributed by atoms with Crippen molar-refractivity contribution in [2.24, 2.45) is 5.92 Å². The normalized spacial score (nSPS) is 19.2. The number of imide groups is 1. The fourth-order valence-corrected chi connectivity index (χ4v) is 4.50. The van der Waals surface area contributed by atoms with Crippen LogP contribution in [0.4, 0.5) is 5.69 Å². The lowest BCUT2D eigenvalue weighted by atomic mass is 9.97. The van der Waals surface area contributed by atoms with Gasteiger partial charge in [-0.1, -0.05) is 29.8 Å². The number of piperidine rings is 1. The van der Waals surface area contributed by atoms with Crippen LogP contribution in [-0.4, -0.2) is 48.1 Å². The molecule has 6 nitrogen and oxygen atoms in total. The third-order valence-electron chi connectivity index (χ3n) is 6.02. The van der Waals surface area contributed by atoms with E-state index in [1.807, 2.05) is 30.9 Å². The molecule has 0 bridgehead atoms. The van der Waals surface area contributed by atoms with E-state index >= 15 is 0 Å². The zero-order valence-electron chi connectivity index (χ0n) is 18.3. The van der Waals surface area contributed by atoms with Crippen LogP contribution in [0.5, 0.6) is 5.75 Å². The van der Waals surface area contributed by atoms with Crippen LogP contribution in [0.1, 0.15) is 30.9 Å². The lowest BCUT2D eigenvalue weighted by Crippen LogP contribution is -2.40. The van der Waals surface area contributed by atoms with Crippen LogP contribution >= 0.6 is 11.6 Å². The smallest absolute Gasteiger partial charge is 0.282 e. The van der Waals surface area contributed by atoms with Crippen molar-refractivity contribution in [3.05, 3.63) is 64.3 Å². The maximum atomic E-state index is 13.6. The summed E-state index contributed by atoms with van der Waals surface area (Å²) in [5.41, 5.74) is 2.73. The molecule has 0 spiro atoms. The Labute approximate surface area is 193 Å². The topological polar surface area (TPSA) is 70.1 Å². The monoisotopic (exact) mass is 454 g/mol. The van der Waals surface area contributed by atoms with Gasteiger partial charge in [0.25, 0.3) is 11.8 Å². The van der Waals surface area contributed by atoms with Crippen molar-refractivity contribution in [2.75, 3.05) is 31.2 Å². The summed E-state index contributed by atoms with van der Waals surface area (Å²) in [6, 6.07) is 12.4. The quantitative estimate of drug-likeness (QED) is 0.667. The van der Waals surface area contributed by atoms with Crippen molar-refractivity contribution in [2.45, 2.75) is 26.7 Å². The molecule has 4 rings (SSSR count). The van der Waals surface area contributed by atoms with E-state index in [1.165, 1.54) is 4.90 Å². The van der Waals surface area contributed by atoms with Gasteiger partial charge in [-0.2, -0.15) is 0 Å². The number of nitrogens with zero attached hydrogens (tertiary/aromatic N) is 2. The molecule has 0 aromatic heterocycles. The molecule has 1 unspecified atom stereocenters. The Hall–Kier alpha value is -2.83. The number of anilines is 1. The van der Waals surface area contributed by atoms with E-state index < -0.39 is 0 Å². The lowest BCUT2D eigenvalue weighted by molar-refractivity contribution is -0.120. The van der Waals surface area contributed by atoms with Crippen LogP contribution in [0.3, 0.4) is 0 Å². The second kappa shape index (κ2) is 9.35. The molecule has 2 aromatic rings. The molecule has 0 radical (unpaired) electrons. The Morgan fingerprint density at radius 3 is 2.53 bits per heavy atom. The summed E-state index contributed by atoms with van der Waals surface area (Å²) in [6.45, 7) is 5.58. The molecule has 2 aliphatic rings. The van der Waals surface area contributed by atoms with Gasteiger partial charge >= 0.3 is 0 Å². The van der Waals surface area contributed by atoms with Crippen molar-refractivity contribution < 1.29 is 19.4 Å². The Morgan fingerprint density at radius 1 is 1.12 bits per heavy atom. The Morgan fingerprint density at radius 2 is 1.88 bits per heavy atom. The number of amides is 2. The first-order chi connectivity index (χ1) is 15.4. The summed E-state index contributed by atoms with van der Waals surface area (Å²) in [4.78, 5) is 30.4. The zero-order valence-corrected chi connectivity index (χ0v) is 19.1. The van der Waals surface area contributed by atoms with Gasteiger partial charge in [-0.25, -0.2) is 4.90 Å². The number of ether oxygens (including phenoxy) is 1. The van der Waals surface area contributed by atoms with Crippen molar-refractivity contribution >= 4 is 34.7 Å². The van der Waals surface area contributed by atoms with E-state index in [4.69, 9.17) is 16.3 Å². The van der Waals surface area contributed by atoms with Crippen molar-refractivity contribution in [3.8, 4) is 5.75 Å². The third kappa shape index (κ3) is 4.12. The standard InChI is InChI=1S/C25H27ClN2O4/c1-3-32-20-10-7-18(8-11-20)22-23(27-12-4-5-17(14-27)15-29)25(31)28(24(22)30)19-9-6-16(2)21(26)13-19/h6-11,13,17,29H,3-5,12,14-15H2,1-2H3. The lowest BCUT2D eigenvalue weighted by Gasteiger charge is -2.34. The number of halogens is 1. The maximum absolute atomic E-state index is 13.6. The first-order valence-corrected chi connectivity index (χ1v) is 11.3. The Balaban J connectivity index is 1.79. The molecule has 2 aromatic carbocycles. The molecule has 2 aliphatic heterocycles. The van der Waals surface area contributed by atoms with E-state index in [9.17, 15) is 14.7 Å². The fraction of sp³-hybridized carbons (Fsp3) is 0.360. The fourth-order valence-electron chi connectivity index (χ4n) is 4.33. The molecular formula is C25H27ClN2O4. The minimum absolute atomic E-state index is 0.0571. The van der Waals surface area contributed by atoms with Gasteiger partial charge in [-0.3, -0.25) is 9.59 Å². The molecule has 7 heteroatoms. The number of likely N-dealkylation sites (tertiary alicyclic amines) is 1. The van der Waals surface area contributed by atoms with Crippen LogP contribution in [0.15, 0.2) is 48.2 Å². The summed E-state index contributed by atoms with van der Waals surface area (Å²) >= 11 is 6.30. The predicted octanol–water partition coefficient (Wildman–Crippen LogP) is 4.04. The highest BCUT2D eigenvalue weighted by molar-refractivity contribution is 6.45. The molecule has 0 saturated carbocycles. The average Bonchev–Trinajstić information content (AvgIpc) is 3.06. The van der Waals surface area contributed by atoms with Crippen LogP contribution < -0.4 is 9.64 Å². The first kappa shape index (κ1) is 22.4. The SMILES string of the molecule is CCOc1ccc(C2=C(N3CCCC(CO)C3)C(=O)N(c3ccc(C)c(Cl)c3)C2=O)cc1. The Bertz CT molecular complexity index is 1060. The van der Waals surface area contributed by atoms with Crippen LogP contribution in [0.25, 0.3) is 5.57 Å². The van der Waals surface area contributed by atoms with E-state index in [0.29, 0.717) is 53.0 Å². The third-order valence-corrected chi connectivity index (χ3v) is 6.43. The number of hydrogen-bond donors (Lipinski definition) is 1. The van der Waals surface area contributed by atoms with Gasteiger partial charge in [0.05, 0.1) is 17.9 Å². The van der Waals surface area contributed by atoms with Crippen LogP contribution in [0, 0.1) is 12.8 Å². The first-order valence-electron chi connectivity index (χ1n) is 10.9. The largest absolute Gasteiger partial charge is 0.494 e. The highest BCUT2D eigenvalue weighted by Crippen LogP contribution is 2.37. The van der Waals surface area contributed by atoms with Gasteiger partial charge in [0, 0.05) is 24.7 Å². The van der Waals surface area contributed by atoms with E-state index in [-0.39, 0.29) is 24.3 Å². The van der Waals surface area contributed by atoms with Gasteiger partial charge in [0.1, 0.15) is 11.4 Å². The van der Waals surface area contributed by atoms with Gasteiger partial charge in [-0.15, -0.1) is 0 Å². The van der Waals surface area contributed by atoms with Crippen molar-refractivity contribution in [1.29, 1.82) is 0 Å². The van der Waals surface area contributed by atoms with E-state index in [2.05, 4.69) is 0 Å². The van der Waals surface area contributed by atoms with Gasteiger partial charge in [-0.05, 0) is 68.0 Å². The van der Waals surface area contributed by atoms with Gasteiger partial charge < -0.3 is 14.7 Å². The van der Waals surface area contributed by atoms with Gasteiger partial charge in [0.15, 0.2) is 0 Å². The minimum Gasteiger partial charge on any atom is -0.494 e. The summed E-state index contributed by atoms with van der Waals surface area (Å²) in [7, 11) is 0. The minimum atomic E-state index is -0.375. The molecule has 1 atom stereocenters. The number of hydrogen-bond acceptors (Lipinski definition) is 5. The number of benzene rings is 2. The van der Waals surface area contributed by atoms with Crippen molar-refractivity contribution in [3.63, 3.8) is 0 Å². The zero-order chi connectivity index (χ0) is 22.8.